The standard InChI is InChI=1S/C16H24ClFO2/c1-2-3-4-13(17)20-14(19)15-6-11-5-12(7-15)9-16(18,8-11)10-15/h11-13H,2-10H2,1H3. The molecule has 0 aromatic heterocycles. The molecule has 0 aromatic carbocycles. The van der Waals surface area contributed by atoms with Gasteiger partial charge in [0.1, 0.15) is 5.67 Å². The molecule has 3 atom stereocenters. The van der Waals surface area contributed by atoms with Crippen molar-refractivity contribution in [1.82, 2.24) is 0 Å². The molecule has 0 aliphatic heterocycles. The Morgan fingerprint density at radius 2 is 2.00 bits per heavy atom. The van der Waals surface area contributed by atoms with Crippen molar-refractivity contribution in [2.45, 2.75) is 75.9 Å². The van der Waals surface area contributed by atoms with Crippen molar-refractivity contribution in [3.8, 4) is 0 Å². The molecule has 20 heavy (non-hydrogen) atoms. The molecule has 4 rings (SSSR count). The maximum atomic E-state index is 14.8. The molecule has 0 amide bonds. The third kappa shape index (κ3) is 2.58. The normalized spacial score (nSPS) is 43.5. The Labute approximate surface area is 125 Å². The van der Waals surface area contributed by atoms with Gasteiger partial charge in [-0.3, -0.25) is 4.79 Å². The second kappa shape index (κ2) is 5.15. The molecule has 4 fully saturated rings. The molecule has 0 saturated heterocycles. The molecule has 4 saturated carbocycles. The third-order valence-corrected chi connectivity index (χ3v) is 5.75. The van der Waals surface area contributed by atoms with E-state index < -0.39 is 16.6 Å². The lowest BCUT2D eigenvalue weighted by Gasteiger charge is -2.57. The number of ether oxygens (including phenoxy) is 1. The van der Waals surface area contributed by atoms with Gasteiger partial charge in [0.25, 0.3) is 0 Å². The number of carbonyl (C=O) groups is 1. The topological polar surface area (TPSA) is 26.3 Å². The molecule has 0 heterocycles. The Balaban J connectivity index is 1.68. The van der Waals surface area contributed by atoms with Gasteiger partial charge in [0.2, 0.25) is 0 Å². The first-order valence-corrected chi connectivity index (χ1v) is 8.42. The highest BCUT2D eigenvalue weighted by molar-refractivity contribution is 6.20. The summed E-state index contributed by atoms with van der Waals surface area (Å²) in [5, 5.41) is 0. The Bertz CT molecular complexity index is 384. The molecule has 0 spiro atoms. The number of alkyl halides is 2. The first-order valence-electron chi connectivity index (χ1n) is 7.99. The summed E-state index contributed by atoms with van der Waals surface area (Å²) >= 11 is 6.09. The van der Waals surface area contributed by atoms with Gasteiger partial charge in [-0.15, -0.1) is 0 Å². The summed E-state index contributed by atoms with van der Waals surface area (Å²) < 4.78 is 20.2. The van der Waals surface area contributed by atoms with E-state index in [4.69, 9.17) is 16.3 Å². The molecular weight excluding hydrogens is 279 g/mol. The van der Waals surface area contributed by atoms with Gasteiger partial charge < -0.3 is 4.74 Å². The summed E-state index contributed by atoms with van der Waals surface area (Å²) in [6, 6.07) is 0. The highest BCUT2D eigenvalue weighted by Gasteiger charge is 2.62. The quantitative estimate of drug-likeness (QED) is 0.548. The number of carbonyl (C=O) groups excluding carboxylic acids is 1. The smallest absolute Gasteiger partial charge is 0.313 e. The number of esters is 1. The monoisotopic (exact) mass is 302 g/mol. The van der Waals surface area contributed by atoms with Gasteiger partial charge in [-0.2, -0.15) is 0 Å². The Kier molecular flexibility index (Phi) is 3.77. The molecule has 0 N–H and O–H groups in total. The fourth-order valence-electron chi connectivity index (χ4n) is 5.05. The molecule has 114 valence electrons. The largest absolute Gasteiger partial charge is 0.446 e. The van der Waals surface area contributed by atoms with Crippen LogP contribution < -0.4 is 0 Å². The Morgan fingerprint density at radius 3 is 2.55 bits per heavy atom. The van der Waals surface area contributed by atoms with E-state index in [-0.39, 0.29) is 5.97 Å². The molecule has 3 unspecified atom stereocenters. The number of halogens is 2. The van der Waals surface area contributed by atoms with Gasteiger partial charge >= 0.3 is 5.97 Å². The fourth-order valence-corrected chi connectivity index (χ4v) is 5.29. The maximum absolute atomic E-state index is 14.8. The number of rotatable bonds is 5. The van der Waals surface area contributed by atoms with E-state index in [2.05, 4.69) is 6.92 Å². The van der Waals surface area contributed by atoms with Gasteiger partial charge in [-0.05, 0) is 63.2 Å². The zero-order valence-corrected chi connectivity index (χ0v) is 12.9. The minimum Gasteiger partial charge on any atom is -0.446 e. The maximum Gasteiger partial charge on any atom is 0.313 e. The summed E-state index contributed by atoms with van der Waals surface area (Å²) in [6.07, 6.45) is 7.06. The van der Waals surface area contributed by atoms with Crippen molar-refractivity contribution in [3.63, 3.8) is 0 Å². The SMILES string of the molecule is CCCCC(Cl)OC(=O)C12CC3CC(CC(F)(C3)C1)C2. The molecule has 4 bridgehead atoms. The van der Waals surface area contributed by atoms with Crippen molar-refractivity contribution < 1.29 is 13.9 Å². The van der Waals surface area contributed by atoms with Crippen molar-refractivity contribution in [2.24, 2.45) is 17.3 Å². The van der Waals surface area contributed by atoms with Gasteiger partial charge in [0, 0.05) is 0 Å². The zero-order valence-electron chi connectivity index (χ0n) is 12.2. The van der Waals surface area contributed by atoms with Gasteiger partial charge in [0.05, 0.1) is 5.41 Å². The highest BCUT2D eigenvalue weighted by Crippen LogP contribution is 2.63. The molecule has 0 aromatic rings. The summed E-state index contributed by atoms with van der Waals surface area (Å²) in [4.78, 5) is 12.5. The van der Waals surface area contributed by atoms with Crippen LogP contribution in [0.5, 0.6) is 0 Å². The summed E-state index contributed by atoms with van der Waals surface area (Å²) in [7, 11) is 0. The van der Waals surface area contributed by atoms with Crippen LogP contribution in [-0.2, 0) is 9.53 Å². The second-order valence-electron chi connectivity index (χ2n) is 7.35. The van der Waals surface area contributed by atoms with Crippen LogP contribution >= 0.6 is 11.6 Å². The van der Waals surface area contributed by atoms with E-state index >= 15 is 0 Å². The van der Waals surface area contributed by atoms with Crippen molar-refractivity contribution in [2.75, 3.05) is 0 Å². The molecular formula is C16H24ClFO2. The van der Waals surface area contributed by atoms with Crippen LogP contribution in [0, 0.1) is 17.3 Å². The van der Waals surface area contributed by atoms with Crippen LogP contribution in [0.25, 0.3) is 0 Å². The van der Waals surface area contributed by atoms with Crippen LogP contribution in [0.2, 0.25) is 0 Å². The molecule has 2 nitrogen and oxygen atoms in total. The summed E-state index contributed by atoms with van der Waals surface area (Å²) in [5.41, 5.74) is -2.24. The molecule has 4 aliphatic carbocycles. The Hall–Kier alpha value is -0.310. The van der Waals surface area contributed by atoms with E-state index in [9.17, 15) is 9.18 Å². The van der Waals surface area contributed by atoms with Crippen LogP contribution in [0.3, 0.4) is 0 Å². The van der Waals surface area contributed by atoms with Crippen LogP contribution in [0.15, 0.2) is 0 Å². The van der Waals surface area contributed by atoms with E-state index in [0.717, 1.165) is 32.1 Å². The second-order valence-corrected chi connectivity index (χ2v) is 7.84. The average Bonchev–Trinajstić information content (AvgIpc) is 2.33. The van der Waals surface area contributed by atoms with Crippen molar-refractivity contribution >= 4 is 17.6 Å². The predicted octanol–water partition coefficient (Wildman–Crippen LogP) is 4.59. The minimum atomic E-state index is -1.12. The molecule has 4 aliphatic rings. The van der Waals surface area contributed by atoms with Gasteiger partial charge in [-0.25, -0.2) is 4.39 Å². The lowest BCUT2D eigenvalue weighted by molar-refractivity contribution is -0.185. The summed E-state index contributed by atoms with van der Waals surface area (Å²) in [6.45, 7) is 2.08. The molecule has 0 radical (unpaired) electrons. The zero-order chi connectivity index (χ0) is 14.4. The van der Waals surface area contributed by atoms with Crippen molar-refractivity contribution in [3.05, 3.63) is 0 Å². The summed E-state index contributed by atoms with van der Waals surface area (Å²) in [5.74, 6) is 0.515. The lowest BCUT2D eigenvalue weighted by Crippen LogP contribution is -2.57. The first-order chi connectivity index (χ1) is 9.45. The number of unbranched alkanes of at least 4 members (excludes halogenated alkanes) is 1. The van der Waals surface area contributed by atoms with Crippen LogP contribution in [0.4, 0.5) is 4.39 Å². The number of hydrogen-bond donors (Lipinski definition) is 0. The van der Waals surface area contributed by atoms with Crippen molar-refractivity contribution in [1.29, 1.82) is 0 Å². The van der Waals surface area contributed by atoms with E-state index in [1.807, 2.05) is 0 Å². The van der Waals surface area contributed by atoms with Crippen LogP contribution in [0.1, 0.15) is 64.7 Å². The average molecular weight is 303 g/mol. The van der Waals surface area contributed by atoms with E-state index in [0.29, 0.717) is 37.5 Å². The molecule has 4 heteroatoms. The van der Waals surface area contributed by atoms with E-state index in [1.54, 1.807) is 0 Å². The lowest BCUT2D eigenvalue weighted by atomic mass is 9.48. The minimum absolute atomic E-state index is 0.232. The third-order valence-electron chi connectivity index (χ3n) is 5.44. The van der Waals surface area contributed by atoms with Gasteiger partial charge in [-0.1, -0.05) is 24.9 Å². The number of hydrogen-bond acceptors (Lipinski definition) is 2. The fraction of sp³-hybridized carbons (Fsp3) is 0.938. The van der Waals surface area contributed by atoms with E-state index in [1.165, 1.54) is 0 Å². The van der Waals surface area contributed by atoms with Crippen LogP contribution in [-0.4, -0.2) is 17.2 Å². The highest BCUT2D eigenvalue weighted by atomic mass is 35.5. The Morgan fingerprint density at radius 1 is 1.35 bits per heavy atom. The van der Waals surface area contributed by atoms with Gasteiger partial charge in [0.15, 0.2) is 5.56 Å². The predicted molar refractivity (Wildman–Crippen MR) is 76.2 cm³/mol. The first kappa shape index (κ1) is 14.6.